The minimum Gasteiger partial charge on any atom is -0.382 e. The second kappa shape index (κ2) is 5.83. The summed E-state index contributed by atoms with van der Waals surface area (Å²) in [7, 11) is 0. The van der Waals surface area contributed by atoms with E-state index in [2.05, 4.69) is 6.58 Å². The minimum absolute atomic E-state index is 0.830. The van der Waals surface area contributed by atoms with Gasteiger partial charge >= 0.3 is 0 Å². The molecule has 0 N–H and O–H groups in total. The van der Waals surface area contributed by atoms with Crippen LogP contribution >= 0.6 is 0 Å². The van der Waals surface area contributed by atoms with Crippen LogP contribution in [-0.2, 0) is 4.74 Å². The van der Waals surface area contributed by atoms with Gasteiger partial charge in [0.25, 0.3) is 0 Å². The maximum absolute atomic E-state index is 5.14. The number of allylic oxidation sites excluding steroid dienone is 1. The molecule has 0 aliphatic heterocycles. The average molecular weight is 128 g/mol. The van der Waals surface area contributed by atoms with E-state index in [0.717, 1.165) is 26.1 Å². The van der Waals surface area contributed by atoms with Gasteiger partial charge in [-0.2, -0.15) is 0 Å². The number of rotatable bonds is 5. The molecule has 0 saturated heterocycles. The summed E-state index contributed by atoms with van der Waals surface area (Å²) in [6.07, 6.45) is 2.21. The molecule has 1 heteroatoms. The predicted molar refractivity (Wildman–Crippen MR) is 40.5 cm³/mol. The van der Waals surface area contributed by atoms with Gasteiger partial charge in [0.15, 0.2) is 0 Å². The van der Waals surface area contributed by atoms with Crippen molar-refractivity contribution in [2.75, 3.05) is 13.2 Å². The molecule has 0 atom stereocenters. The van der Waals surface area contributed by atoms with Gasteiger partial charge in [-0.15, -0.1) is 6.58 Å². The maximum Gasteiger partial charge on any atom is 0.0468 e. The van der Waals surface area contributed by atoms with Gasteiger partial charge in [-0.05, 0) is 26.7 Å². The standard InChI is InChI=1S/C8H16O/c1-4-9-7-5-6-8(2)3/h2,4-7H2,1,3H3. The molecule has 0 rings (SSSR count). The minimum atomic E-state index is 0.830. The van der Waals surface area contributed by atoms with Crippen LogP contribution in [0.4, 0.5) is 0 Å². The number of hydrogen-bond acceptors (Lipinski definition) is 1. The summed E-state index contributed by atoms with van der Waals surface area (Å²) < 4.78 is 5.14. The lowest BCUT2D eigenvalue weighted by molar-refractivity contribution is 0.145. The highest BCUT2D eigenvalue weighted by molar-refractivity contribution is 4.86. The smallest absolute Gasteiger partial charge is 0.0468 e. The summed E-state index contributed by atoms with van der Waals surface area (Å²) in [5.74, 6) is 0. The molecule has 0 aromatic heterocycles. The first-order valence-corrected chi connectivity index (χ1v) is 3.49. The highest BCUT2D eigenvalue weighted by Gasteiger charge is 1.86. The van der Waals surface area contributed by atoms with Crippen molar-refractivity contribution < 1.29 is 4.74 Å². The fourth-order valence-corrected chi connectivity index (χ4v) is 0.620. The summed E-state index contributed by atoms with van der Waals surface area (Å²) in [5, 5.41) is 0. The van der Waals surface area contributed by atoms with Crippen molar-refractivity contribution in [2.45, 2.75) is 26.7 Å². The van der Waals surface area contributed by atoms with Gasteiger partial charge in [-0.25, -0.2) is 0 Å². The highest BCUT2D eigenvalue weighted by Crippen LogP contribution is 1.99. The van der Waals surface area contributed by atoms with Gasteiger partial charge in [0.2, 0.25) is 0 Å². The Morgan fingerprint density at radius 3 is 2.67 bits per heavy atom. The third kappa shape index (κ3) is 7.70. The van der Waals surface area contributed by atoms with E-state index in [0.29, 0.717) is 0 Å². The van der Waals surface area contributed by atoms with Gasteiger partial charge in [0.1, 0.15) is 0 Å². The zero-order chi connectivity index (χ0) is 7.11. The Morgan fingerprint density at radius 1 is 1.56 bits per heavy atom. The molecule has 0 aromatic carbocycles. The van der Waals surface area contributed by atoms with Gasteiger partial charge in [-0.3, -0.25) is 0 Å². The Balaban J connectivity index is 2.83. The molecule has 0 fully saturated rings. The van der Waals surface area contributed by atoms with E-state index in [9.17, 15) is 0 Å². The number of hydrogen-bond donors (Lipinski definition) is 0. The second-order valence-electron chi connectivity index (χ2n) is 2.26. The molecule has 0 spiro atoms. The van der Waals surface area contributed by atoms with E-state index in [-0.39, 0.29) is 0 Å². The summed E-state index contributed by atoms with van der Waals surface area (Å²) in [6.45, 7) is 9.57. The van der Waals surface area contributed by atoms with Crippen LogP contribution in [0.2, 0.25) is 0 Å². The van der Waals surface area contributed by atoms with Crippen molar-refractivity contribution in [3.05, 3.63) is 12.2 Å². The first-order chi connectivity index (χ1) is 4.27. The molecule has 0 unspecified atom stereocenters. The fourth-order valence-electron chi connectivity index (χ4n) is 0.620. The molecule has 54 valence electrons. The number of ether oxygens (including phenoxy) is 1. The predicted octanol–water partition coefficient (Wildman–Crippen LogP) is 2.38. The van der Waals surface area contributed by atoms with Crippen LogP contribution in [0.15, 0.2) is 12.2 Å². The molecule has 0 aliphatic carbocycles. The Labute approximate surface area is 57.7 Å². The van der Waals surface area contributed by atoms with Crippen LogP contribution in [0.25, 0.3) is 0 Å². The van der Waals surface area contributed by atoms with Crippen LogP contribution in [0.1, 0.15) is 26.7 Å². The lowest BCUT2D eigenvalue weighted by Gasteiger charge is -1.99. The molecule has 0 amide bonds. The molecule has 0 aromatic rings. The van der Waals surface area contributed by atoms with Crippen LogP contribution in [-0.4, -0.2) is 13.2 Å². The van der Waals surface area contributed by atoms with Crippen LogP contribution in [0, 0.1) is 0 Å². The first kappa shape index (κ1) is 8.70. The van der Waals surface area contributed by atoms with Crippen molar-refractivity contribution in [3.8, 4) is 0 Å². The Bertz CT molecular complexity index is 76.6. The molecule has 0 bridgehead atoms. The summed E-state index contributed by atoms with van der Waals surface area (Å²) in [4.78, 5) is 0. The topological polar surface area (TPSA) is 9.23 Å². The molecule has 0 saturated carbocycles. The van der Waals surface area contributed by atoms with E-state index in [1.165, 1.54) is 5.57 Å². The molecular formula is C8H16O. The summed E-state index contributed by atoms with van der Waals surface area (Å²) in [6, 6.07) is 0. The van der Waals surface area contributed by atoms with E-state index in [1.54, 1.807) is 0 Å². The van der Waals surface area contributed by atoms with Crippen LogP contribution in [0.5, 0.6) is 0 Å². The normalized spacial score (nSPS) is 9.56. The Morgan fingerprint density at radius 2 is 2.22 bits per heavy atom. The lowest BCUT2D eigenvalue weighted by atomic mass is 10.2. The average Bonchev–Trinajstić information content (AvgIpc) is 1.80. The lowest BCUT2D eigenvalue weighted by Crippen LogP contribution is -1.92. The van der Waals surface area contributed by atoms with Crippen molar-refractivity contribution in [2.24, 2.45) is 0 Å². The van der Waals surface area contributed by atoms with E-state index in [1.807, 2.05) is 13.8 Å². The zero-order valence-electron chi connectivity index (χ0n) is 6.44. The van der Waals surface area contributed by atoms with Crippen molar-refractivity contribution in [1.29, 1.82) is 0 Å². The van der Waals surface area contributed by atoms with Gasteiger partial charge in [-0.1, -0.05) is 5.57 Å². The van der Waals surface area contributed by atoms with Gasteiger partial charge in [0.05, 0.1) is 0 Å². The molecule has 1 nitrogen and oxygen atoms in total. The fraction of sp³-hybridized carbons (Fsp3) is 0.750. The van der Waals surface area contributed by atoms with E-state index < -0.39 is 0 Å². The summed E-state index contributed by atoms with van der Waals surface area (Å²) in [5.41, 5.74) is 1.25. The van der Waals surface area contributed by atoms with Crippen LogP contribution in [0.3, 0.4) is 0 Å². The molecular weight excluding hydrogens is 112 g/mol. The zero-order valence-corrected chi connectivity index (χ0v) is 6.44. The Kier molecular flexibility index (Phi) is 5.64. The van der Waals surface area contributed by atoms with E-state index >= 15 is 0 Å². The van der Waals surface area contributed by atoms with E-state index in [4.69, 9.17) is 4.74 Å². The Hall–Kier alpha value is -0.300. The quantitative estimate of drug-likeness (QED) is 0.408. The molecule has 0 heterocycles. The largest absolute Gasteiger partial charge is 0.382 e. The van der Waals surface area contributed by atoms with Crippen LogP contribution < -0.4 is 0 Å². The highest BCUT2D eigenvalue weighted by atomic mass is 16.5. The molecule has 0 aliphatic rings. The molecule has 0 radical (unpaired) electrons. The maximum atomic E-state index is 5.14. The van der Waals surface area contributed by atoms with Crippen molar-refractivity contribution >= 4 is 0 Å². The second-order valence-corrected chi connectivity index (χ2v) is 2.26. The third-order valence-electron chi connectivity index (χ3n) is 1.10. The SMILES string of the molecule is C=C(C)CCCOCC. The van der Waals surface area contributed by atoms with Gasteiger partial charge in [0, 0.05) is 13.2 Å². The molecule has 9 heavy (non-hydrogen) atoms. The van der Waals surface area contributed by atoms with Crippen molar-refractivity contribution in [1.82, 2.24) is 0 Å². The van der Waals surface area contributed by atoms with Crippen molar-refractivity contribution in [3.63, 3.8) is 0 Å². The first-order valence-electron chi connectivity index (χ1n) is 3.49. The third-order valence-corrected chi connectivity index (χ3v) is 1.10. The van der Waals surface area contributed by atoms with Gasteiger partial charge < -0.3 is 4.74 Å². The summed E-state index contributed by atoms with van der Waals surface area (Å²) >= 11 is 0. The monoisotopic (exact) mass is 128 g/mol.